The van der Waals surface area contributed by atoms with Gasteiger partial charge in [-0.1, -0.05) is 11.8 Å². The van der Waals surface area contributed by atoms with Crippen LogP contribution in [0.2, 0.25) is 0 Å². The van der Waals surface area contributed by atoms with Crippen molar-refractivity contribution < 1.29 is 38.6 Å². The maximum absolute atomic E-state index is 13.9. The summed E-state index contributed by atoms with van der Waals surface area (Å²) in [6.07, 6.45) is 0.640. The lowest BCUT2D eigenvalue weighted by Crippen LogP contribution is -3.05. The molecule has 0 saturated carbocycles. The fourth-order valence-electron chi connectivity index (χ4n) is 4.60. The van der Waals surface area contributed by atoms with E-state index in [9.17, 15) is 19.5 Å². The Morgan fingerprint density at radius 3 is 2.36 bits per heavy atom. The molecule has 0 aliphatic carbocycles. The van der Waals surface area contributed by atoms with Crippen LogP contribution in [0.25, 0.3) is 5.76 Å². The summed E-state index contributed by atoms with van der Waals surface area (Å²) in [6, 6.07) is 4.15. The summed E-state index contributed by atoms with van der Waals surface area (Å²) in [7, 11) is 8.24. The molecule has 1 unspecified atom stereocenters. The molecule has 2 heterocycles. The number of esters is 1. The first-order chi connectivity index (χ1) is 17.1. The number of ketones is 1. The molecule has 1 amide bonds. The largest absolute Gasteiger partial charge is 0.872 e. The molecule has 10 heteroatoms. The number of quaternary nitrogens is 1. The van der Waals surface area contributed by atoms with Crippen LogP contribution in [0.4, 0.5) is 0 Å². The Hall–Kier alpha value is -3.79. The van der Waals surface area contributed by atoms with E-state index in [4.69, 9.17) is 14.2 Å². The standard InChI is InChI=1S/C26H33N3O7/c1-14-19(15(2)27-21(14)26(33)36-7)23(30)20-22(16-9-10-17(34-5)18(13-16)35-6)29(25(32)24(20)31)12-8-11-28(3)4/h9-10,13,22,27,30H,8,11-12H2,1-7H3. The maximum Gasteiger partial charge on any atom is 0.354 e. The van der Waals surface area contributed by atoms with Crippen molar-refractivity contribution in [2.24, 2.45) is 0 Å². The van der Waals surface area contributed by atoms with Crippen LogP contribution in [0.1, 0.15) is 45.3 Å². The van der Waals surface area contributed by atoms with E-state index in [1.54, 1.807) is 32.0 Å². The Kier molecular flexibility index (Phi) is 8.09. The van der Waals surface area contributed by atoms with Crippen molar-refractivity contribution in [1.29, 1.82) is 0 Å². The number of hydrogen-bond donors (Lipinski definition) is 2. The highest BCUT2D eigenvalue weighted by molar-refractivity contribution is 6.46. The number of benzene rings is 1. The monoisotopic (exact) mass is 499 g/mol. The van der Waals surface area contributed by atoms with Crippen LogP contribution in [-0.4, -0.2) is 76.1 Å². The molecule has 0 bridgehead atoms. The van der Waals surface area contributed by atoms with Gasteiger partial charge in [0.1, 0.15) is 5.69 Å². The first-order valence-corrected chi connectivity index (χ1v) is 11.6. The van der Waals surface area contributed by atoms with Gasteiger partial charge >= 0.3 is 5.97 Å². The molecule has 2 N–H and O–H groups in total. The highest BCUT2D eigenvalue weighted by Gasteiger charge is 2.44. The number of hydrogen-bond acceptors (Lipinski definition) is 7. The van der Waals surface area contributed by atoms with Gasteiger partial charge in [-0.25, -0.2) is 4.79 Å². The van der Waals surface area contributed by atoms with E-state index in [0.29, 0.717) is 41.3 Å². The number of aromatic nitrogens is 1. The highest BCUT2D eigenvalue weighted by atomic mass is 16.5. The Morgan fingerprint density at radius 1 is 1.11 bits per heavy atom. The topological polar surface area (TPSA) is 125 Å². The molecule has 3 rings (SSSR count). The summed E-state index contributed by atoms with van der Waals surface area (Å²) in [4.78, 5) is 44.2. The highest BCUT2D eigenvalue weighted by Crippen LogP contribution is 2.42. The van der Waals surface area contributed by atoms with Crippen molar-refractivity contribution in [3.63, 3.8) is 0 Å². The molecule has 0 radical (unpaired) electrons. The lowest BCUT2D eigenvalue weighted by molar-refractivity contribution is -0.858. The van der Waals surface area contributed by atoms with Crippen LogP contribution in [0.3, 0.4) is 0 Å². The number of nitrogens with zero attached hydrogens (tertiary/aromatic N) is 1. The summed E-state index contributed by atoms with van der Waals surface area (Å²) < 4.78 is 15.6. The van der Waals surface area contributed by atoms with Crippen LogP contribution in [0, 0.1) is 13.8 Å². The van der Waals surface area contributed by atoms with Crippen molar-refractivity contribution in [1.82, 2.24) is 9.88 Å². The van der Waals surface area contributed by atoms with Crippen molar-refractivity contribution in [2.75, 3.05) is 48.5 Å². The van der Waals surface area contributed by atoms with Crippen LogP contribution in [0.15, 0.2) is 23.8 Å². The number of aromatic amines is 1. The summed E-state index contributed by atoms with van der Waals surface area (Å²) >= 11 is 0. The number of ether oxygens (including phenoxy) is 3. The van der Waals surface area contributed by atoms with E-state index < -0.39 is 29.5 Å². The summed E-state index contributed by atoms with van der Waals surface area (Å²) in [5, 5.41) is 13.9. The molecule has 1 aliphatic rings. The van der Waals surface area contributed by atoms with E-state index in [-0.39, 0.29) is 16.8 Å². The number of rotatable bonds is 9. The smallest absolute Gasteiger partial charge is 0.354 e. The van der Waals surface area contributed by atoms with Gasteiger partial charge in [-0.2, -0.15) is 0 Å². The number of H-pyrrole nitrogens is 1. The van der Waals surface area contributed by atoms with Gasteiger partial charge in [0, 0.05) is 24.2 Å². The van der Waals surface area contributed by atoms with Crippen molar-refractivity contribution in [3.05, 3.63) is 51.9 Å². The SMILES string of the molecule is COC(=O)c1[nH]c(C)c(C([O-])=C2C(=O)C(=O)N(CCC[NH+](C)C)C2c2ccc(OC)c(OC)c2)c1C. The van der Waals surface area contributed by atoms with Crippen molar-refractivity contribution in [3.8, 4) is 11.5 Å². The van der Waals surface area contributed by atoms with Gasteiger partial charge < -0.3 is 34.1 Å². The quantitative estimate of drug-likeness (QED) is 0.218. The average Bonchev–Trinajstić information content (AvgIpc) is 3.29. The third kappa shape index (κ3) is 4.81. The molecule has 194 valence electrons. The van der Waals surface area contributed by atoms with Gasteiger partial charge in [0.25, 0.3) is 5.91 Å². The van der Waals surface area contributed by atoms with Gasteiger partial charge in [-0.05, 0) is 42.7 Å². The Bertz CT molecular complexity index is 1210. The van der Waals surface area contributed by atoms with Crippen LogP contribution in [0.5, 0.6) is 11.5 Å². The van der Waals surface area contributed by atoms with Gasteiger partial charge in [0.15, 0.2) is 11.5 Å². The maximum atomic E-state index is 13.9. The molecule has 1 fully saturated rings. The number of likely N-dealkylation sites (tertiary alicyclic amines) is 1. The van der Waals surface area contributed by atoms with Crippen LogP contribution in [-0.2, 0) is 14.3 Å². The normalized spacial score (nSPS) is 17.1. The molecule has 36 heavy (non-hydrogen) atoms. The molecule has 0 spiro atoms. The van der Waals surface area contributed by atoms with Gasteiger partial charge in [0.2, 0.25) is 5.78 Å². The van der Waals surface area contributed by atoms with Gasteiger partial charge in [0.05, 0.1) is 48.0 Å². The molecular formula is C26H33N3O7. The van der Waals surface area contributed by atoms with E-state index in [2.05, 4.69) is 4.98 Å². The number of methoxy groups -OCH3 is 3. The molecule has 2 aromatic rings. The van der Waals surface area contributed by atoms with E-state index in [1.807, 2.05) is 14.1 Å². The minimum absolute atomic E-state index is 0.129. The molecule has 1 saturated heterocycles. The first-order valence-electron chi connectivity index (χ1n) is 11.6. The molecule has 1 aromatic carbocycles. The average molecular weight is 500 g/mol. The number of Topliss-reactive ketones (excluding diaryl/α,β-unsaturated/α-hetero) is 1. The zero-order chi connectivity index (χ0) is 26.7. The second-order valence-corrected chi connectivity index (χ2v) is 9.01. The number of carbonyl (C=O) groups excluding carboxylic acids is 3. The Labute approximate surface area is 210 Å². The fraction of sp³-hybridized carbons (Fsp3) is 0.423. The van der Waals surface area contributed by atoms with E-state index in [0.717, 1.165) is 6.54 Å². The molecular weight excluding hydrogens is 466 g/mol. The fourth-order valence-corrected chi connectivity index (χ4v) is 4.60. The first kappa shape index (κ1) is 26.8. The minimum atomic E-state index is -0.912. The predicted molar refractivity (Wildman–Crippen MR) is 130 cm³/mol. The Balaban J connectivity index is 2.22. The van der Waals surface area contributed by atoms with Crippen LogP contribution >= 0.6 is 0 Å². The van der Waals surface area contributed by atoms with Crippen molar-refractivity contribution >= 4 is 23.4 Å². The molecule has 1 aromatic heterocycles. The minimum Gasteiger partial charge on any atom is -0.872 e. The second kappa shape index (κ2) is 10.9. The lowest BCUT2D eigenvalue weighted by Gasteiger charge is -2.28. The van der Waals surface area contributed by atoms with E-state index in [1.165, 1.54) is 31.1 Å². The third-order valence-electron chi connectivity index (χ3n) is 6.38. The van der Waals surface area contributed by atoms with Gasteiger partial charge in [-0.3, -0.25) is 9.59 Å². The molecule has 1 atom stereocenters. The number of amides is 1. The number of aryl methyl sites for hydroxylation is 1. The predicted octanol–water partition coefficient (Wildman–Crippen LogP) is 0.194. The summed E-state index contributed by atoms with van der Waals surface area (Å²) in [5.74, 6) is -1.92. The molecule has 1 aliphatic heterocycles. The number of nitrogens with one attached hydrogen (secondary N) is 2. The number of carbonyl (C=O) groups is 3. The second-order valence-electron chi connectivity index (χ2n) is 9.01. The lowest BCUT2D eigenvalue weighted by atomic mass is 9.93. The summed E-state index contributed by atoms with van der Waals surface area (Å²) in [5.41, 5.74) is 1.46. The summed E-state index contributed by atoms with van der Waals surface area (Å²) in [6.45, 7) is 4.31. The van der Waals surface area contributed by atoms with E-state index >= 15 is 0 Å². The third-order valence-corrected chi connectivity index (χ3v) is 6.38. The zero-order valence-electron chi connectivity index (χ0n) is 21.7. The van der Waals surface area contributed by atoms with Crippen LogP contribution < -0.4 is 19.5 Å². The molecule has 10 nitrogen and oxygen atoms in total. The van der Waals surface area contributed by atoms with Gasteiger partial charge in [-0.15, -0.1) is 0 Å². The Morgan fingerprint density at radius 2 is 1.78 bits per heavy atom. The van der Waals surface area contributed by atoms with Crippen molar-refractivity contribution in [2.45, 2.75) is 26.3 Å². The zero-order valence-corrected chi connectivity index (χ0v) is 21.7.